The van der Waals surface area contributed by atoms with Crippen molar-refractivity contribution in [2.75, 3.05) is 30.4 Å². The Labute approximate surface area is 296 Å². The number of nitrogens with zero attached hydrogens (tertiary/aromatic N) is 4. The molecule has 2 atom stereocenters. The van der Waals surface area contributed by atoms with E-state index in [0.717, 1.165) is 24.3 Å². The molecule has 3 N–H and O–H groups in total. The van der Waals surface area contributed by atoms with E-state index in [0.29, 0.717) is 56.0 Å². The molecule has 264 valence electrons. The molecule has 50 heavy (non-hydrogen) atoms. The average Bonchev–Trinajstić information content (AvgIpc) is 3.59. The molecule has 0 bridgehead atoms. The van der Waals surface area contributed by atoms with Crippen LogP contribution in [0.3, 0.4) is 0 Å². The molecule has 4 aromatic rings. The van der Waals surface area contributed by atoms with Crippen LogP contribution in [0.15, 0.2) is 42.5 Å². The number of aromatic nitrogens is 3. The number of methoxy groups -OCH3 is 1. The number of alkyl halides is 3. The zero-order chi connectivity index (χ0) is 35.3. The molecule has 3 aliphatic rings. The summed E-state index contributed by atoms with van der Waals surface area (Å²) in [4.78, 5) is 37.7. The van der Waals surface area contributed by atoms with E-state index in [-0.39, 0.29) is 49.9 Å². The lowest BCUT2D eigenvalue weighted by molar-refractivity contribution is -0.182. The highest BCUT2D eigenvalue weighted by Gasteiger charge is 2.46. The predicted molar refractivity (Wildman–Crippen MR) is 185 cm³/mol. The first-order valence-corrected chi connectivity index (χ1v) is 17.3. The van der Waals surface area contributed by atoms with Crippen LogP contribution in [-0.2, 0) is 13.6 Å². The number of carbonyl (C=O) groups is 2. The number of benzene rings is 2. The summed E-state index contributed by atoms with van der Waals surface area (Å²) in [6.07, 6.45) is -2.46. The lowest BCUT2D eigenvalue weighted by atomic mass is 9.85. The van der Waals surface area contributed by atoms with Crippen molar-refractivity contribution in [3.05, 3.63) is 69.3 Å². The van der Waals surface area contributed by atoms with Gasteiger partial charge in [0.25, 0.3) is 11.8 Å². The summed E-state index contributed by atoms with van der Waals surface area (Å²) in [6.45, 7) is 1.79. The zero-order valence-corrected chi connectivity index (χ0v) is 28.9. The lowest BCUT2D eigenvalue weighted by Gasteiger charge is -2.31. The normalized spacial score (nSPS) is 21.5. The van der Waals surface area contributed by atoms with E-state index in [4.69, 9.17) is 32.9 Å². The molecule has 0 spiro atoms. The van der Waals surface area contributed by atoms with Crippen molar-refractivity contribution < 1.29 is 27.5 Å². The molecule has 1 saturated heterocycles. The molecule has 7 rings (SSSR count). The largest absolute Gasteiger partial charge is 0.481 e. The number of anilines is 3. The van der Waals surface area contributed by atoms with Gasteiger partial charge in [-0.3, -0.25) is 9.59 Å². The van der Waals surface area contributed by atoms with Gasteiger partial charge in [-0.15, -0.1) is 0 Å². The first-order valence-electron chi connectivity index (χ1n) is 16.6. The molecule has 1 aliphatic heterocycles. The molecule has 10 nitrogen and oxygen atoms in total. The molecule has 2 saturated carbocycles. The van der Waals surface area contributed by atoms with E-state index in [1.165, 1.54) is 13.5 Å². The third kappa shape index (κ3) is 6.89. The summed E-state index contributed by atoms with van der Waals surface area (Å²) in [5.74, 6) is -0.0882. The smallest absolute Gasteiger partial charge is 0.391 e. The molecule has 15 heteroatoms. The quantitative estimate of drug-likeness (QED) is 0.166. The summed E-state index contributed by atoms with van der Waals surface area (Å²) in [7, 11) is 3.31. The summed E-state index contributed by atoms with van der Waals surface area (Å²) in [5.41, 5.74) is 3.74. The number of hydrogen-bond donors (Lipinski definition) is 3. The Balaban J connectivity index is 1.13. The Morgan fingerprint density at radius 2 is 1.74 bits per heavy atom. The Hall–Kier alpha value is -4.23. The van der Waals surface area contributed by atoms with Crippen molar-refractivity contribution in [3.8, 4) is 5.88 Å². The molecule has 2 aromatic heterocycles. The number of aryl methyl sites for hydroxylation is 1. The van der Waals surface area contributed by atoms with Crippen LogP contribution < -0.4 is 25.6 Å². The Kier molecular flexibility index (Phi) is 9.23. The zero-order valence-electron chi connectivity index (χ0n) is 27.4. The van der Waals surface area contributed by atoms with Crippen molar-refractivity contribution in [2.45, 2.75) is 50.9 Å². The van der Waals surface area contributed by atoms with Crippen LogP contribution in [-0.4, -0.2) is 58.8 Å². The minimum absolute atomic E-state index is 0.00322. The van der Waals surface area contributed by atoms with Gasteiger partial charge in [-0.25, -0.2) is 9.97 Å². The second-order valence-corrected chi connectivity index (χ2v) is 14.1. The van der Waals surface area contributed by atoms with Crippen molar-refractivity contribution in [3.63, 3.8) is 0 Å². The summed E-state index contributed by atoms with van der Waals surface area (Å²) < 4.78 is 46.7. The van der Waals surface area contributed by atoms with Crippen molar-refractivity contribution in [1.29, 1.82) is 0 Å². The van der Waals surface area contributed by atoms with E-state index < -0.39 is 18.0 Å². The molecular formula is C35H36Cl2F3N7O3. The van der Waals surface area contributed by atoms with E-state index >= 15 is 0 Å². The summed E-state index contributed by atoms with van der Waals surface area (Å²) in [6, 6.07) is 11.7. The van der Waals surface area contributed by atoms with Crippen LogP contribution in [0, 0.1) is 17.8 Å². The number of carbonyl (C=O) groups excluding carboxylic acids is 2. The average molecular weight is 731 g/mol. The number of imidazole rings is 1. The molecule has 2 aromatic carbocycles. The summed E-state index contributed by atoms with van der Waals surface area (Å²) in [5, 5.41) is 9.71. The lowest BCUT2D eigenvalue weighted by Crippen LogP contribution is -2.40. The van der Waals surface area contributed by atoms with Gasteiger partial charge in [0.1, 0.15) is 5.69 Å². The third-order valence-electron chi connectivity index (χ3n) is 10.1. The minimum Gasteiger partial charge on any atom is -0.481 e. The third-order valence-corrected chi connectivity index (χ3v) is 10.8. The maximum atomic E-state index is 13.8. The highest BCUT2D eigenvalue weighted by atomic mass is 35.5. The molecule has 2 amide bonds. The Morgan fingerprint density at radius 1 is 1.00 bits per heavy atom. The van der Waals surface area contributed by atoms with E-state index in [1.807, 2.05) is 17.7 Å². The van der Waals surface area contributed by atoms with Gasteiger partial charge in [-0.1, -0.05) is 35.3 Å². The van der Waals surface area contributed by atoms with Gasteiger partial charge < -0.3 is 30.2 Å². The SMILES string of the molecule is COc1cccc(C(=O)NCc2ccc(Cl)c(Nc3nc4cc(C(=O)NC5CCC(C(F)(F)F)CC5)c(N5CC6CC6C5)cc4n3C)c2Cl)n1. The topological polar surface area (TPSA) is 113 Å². The molecular weight excluding hydrogens is 694 g/mol. The molecule has 3 fully saturated rings. The Bertz CT molecular complexity index is 1950. The number of nitrogens with one attached hydrogen (secondary N) is 3. The minimum atomic E-state index is -4.21. The molecule has 3 heterocycles. The van der Waals surface area contributed by atoms with Gasteiger partial charge in [-0.2, -0.15) is 13.2 Å². The second kappa shape index (κ2) is 13.5. The number of halogens is 5. The van der Waals surface area contributed by atoms with E-state index in [1.54, 1.807) is 36.4 Å². The highest BCUT2D eigenvalue weighted by Crippen LogP contribution is 2.47. The number of piperidine rings is 1. The highest BCUT2D eigenvalue weighted by molar-refractivity contribution is 6.39. The van der Waals surface area contributed by atoms with Crippen LogP contribution in [0.2, 0.25) is 10.0 Å². The predicted octanol–water partition coefficient (Wildman–Crippen LogP) is 7.26. The van der Waals surface area contributed by atoms with Gasteiger partial charge in [-0.05, 0) is 73.8 Å². The van der Waals surface area contributed by atoms with Crippen molar-refractivity contribution in [2.24, 2.45) is 24.8 Å². The van der Waals surface area contributed by atoms with Gasteiger partial charge in [0, 0.05) is 38.8 Å². The van der Waals surface area contributed by atoms with Crippen LogP contribution in [0.1, 0.15) is 58.5 Å². The maximum absolute atomic E-state index is 13.8. The number of fused-ring (bicyclic) bond motifs is 2. The molecule has 0 radical (unpaired) electrons. The maximum Gasteiger partial charge on any atom is 0.391 e. The van der Waals surface area contributed by atoms with E-state index in [2.05, 4.69) is 25.8 Å². The number of hydrogen-bond acceptors (Lipinski definition) is 7. The number of rotatable bonds is 9. The van der Waals surface area contributed by atoms with Crippen molar-refractivity contribution in [1.82, 2.24) is 25.2 Å². The fourth-order valence-corrected chi connectivity index (χ4v) is 7.62. The van der Waals surface area contributed by atoms with Crippen LogP contribution in [0.5, 0.6) is 5.88 Å². The van der Waals surface area contributed by atoms with Gasteiger partial charge in [0.2, 0.25) is 11.8 Å². The van der Waals surface area contributed by atoms with E-state index in [9.17, 15) is 22.8 Å². The number of amides is 2. The monoisotopic (exact) mass is 729 g/mol. The Morgan fingerprint density at radius 3 is 2.44 bits per heavy atom. The van der Waals surface area contributed by atoms with Crippen LogP contribution in [0.4, 0.5) is 30.5 Å². The summed E-state index contributed by atoms with van der Waals surface area (Å²) >= 11 is 13.4. The van der Waals surface area contributed by atoms with Gasteiger partial charge >= 0.3 is 6.18 Å². The number of pyridine rings is 1. The van der Waals surface area contributed by atoms with Gasteiger partial charge in [0.15, 0.2) is 0 Å². The first-order chi connectivity index (χ1) is 23.9. The molecule has 2 aliphatic carbocycles. The first kappa shape index (κ1) is 34.2. The van der Waals surface area contributed by atoms with Crippen LogP contribution in [0.25, 0.3) is 11.0 Å². The van der Waals surface area contributed by atoms with Crippen molar-refractivity contribution >= 4 is 63.4 Å². The fraction of sp³-hybridized carbons (Fsp3) is 0.429. The second-order valence-electron chi connectivity index (χ2n) is 13.3. The standard InChI is InChI=1S/C35H36Cl2F3N7O3/c1-46-28-14-27(47-16-19-12-20(19)17-47)23(32(48)42-22-9-7-21(8-10-22)35(38,39)40)13-26(28)44-34(46)45-31-24(36)11-6-18(30(31)37)15-41-33(49)25-4-3-5-29(43-25)50-2/h3-6,11,13-14,19-22H,7-10,12,15-17H2,1-2H3,(H,41,49)(H,42,48)(H,44,45). The molecule has 2 unspecified atom stereocenters. The van der Waals surface area contributed by atoms with Gasteiger partial charge in [0.05, 0.1) is 51.0 Å². The number of ether oxygens (including phenoxy) is 1. The fourth-order valence-electron chi connectivity index (χ4n) is 7.09. The van der Waals surface area contributed by atoms with Crippen LogP contribution >= 0.6 is 23.2 Å².